The van der Waals surface area contributed by atoms with Crippen molar-refractivity contribution in [2.24, 2.45) is 35.5 Å². The first-order valence-electron chi connectivity index (χ1n) is 5.55. The smallest absolute Gasteiger partial charge is 0.307 e. The lowest BCUT2D eigenvalue weighted by Gasteiger charge is -2.18. The second-order valence-electron chi connectivity index (χ2n) is 5.29. The van der Waals surface area contributed by atoms with Crippen LogP contribution in [0.1, 0.15) is 19.3 Å². The van der Waals surface area contributed by atoms with Gasteiger partial charge >= 0.3 is 11.9 Å². The Morgan fingerprint density at radius 1 is 0.800 bits per heavy atom. The van der Waals surface area contributed by atoms with Gasteiger partial charge in [0, 0.05) is 0 Å². The minimum absolute atomic E-state index is 0.146. The lowest BCUT2D eigenvalue weighted by Crippen LogP contribution is -2.30. The molecule has 0 amide bonds. The highest BCUT2D eigenvalue weighted by Gasteiger charge is 2.63. The predicted octanol–water partition coefficient (Wildman–Crippen LogP) is 1.06. The summed E-state index contributed by atoms with van der Waals surface area (Å²) in [6.45, 7) is 0. The van der Waals surface area contributed by atoms with Crippen LogP contribution in [0.2, 0.25) is 0 Å². The topological polar surface area (TPSA) is 74.6 Å². The number of carboxylic acids is 2. The van der Waals surface area contributed by atoms with Crippen LogP contribution in [0.15, 0.2) is 0 Å². The fourth-order valence-electron chi connectivity index (χ4n) is 4.49. The van der Waals surface area contributed by atoms with Crippen molar-refractivity contribution in [3.8, 4) is 0 Å². The molecule has 3 fully saturated rings. The summed E-state index contributed by atoms with van der Waals surface area (Å²) in [7, 11) is 0. The Morgan fingerprint density at radius 3 is 1.53 bits per heavy atom. The molecule has 0 aromatic rings. The van der Waals surface area contributed by atoms with Gasteiger partial charge in [0.2, 0.25) is 0 Å². The van der Waals surface area contributed by atoms with Crippen LogP contribution >= 0.6 is 0 Å². The molecule has 2 unspecified atom stereocenters. The van der Waals surface area contributed by atoms with Crippen LogP contribution in [0.5, 0.6) is 0 Å². The van der Waals surface area contributed by atoms with Crippen LogP contribution < -0.4 is 0 Å². The number of rotatable bonds is 2. The third-order valence-corrected chi connectivity index (χ3v) is 4.80. The van der Waals surface area contributed by atoms with Gasteiger partial charge in [-0.2, -0.15) is 0 Å². The van der Waals surface area contributed by atoms with E-state index in [0.29, 0.717) is 11.8 Å². The van der Waals surface area contributed by atoms with Gasteiger partial charge in [-0.25, -0.2) is 0 Å². The molecule has 3 aliphatic rings. The molecule has 3 saturated carbocycles. The van der Waals surface area contributed by atoms with Crippen LogP contribution in [-0.4, -0.2) is 22.2 Å². The van der Waals surface area contributed by atoms with E-state index in [-0.39, 0.29) is 11.8 Å². The molecule has 4 heteroatoms. The largest absolute Gasteiger partial charge is 0.481 e. The number of carbonyl (C=O) groups is 2. The van der Waals surface area contributed by atoms with Crippen LogP contribution in [0, 0.1) is 35.5 Å². The van der Waals surface area contributed by atoms with Gasteiger partial charge in [0.05, 0.1) is 11.8 Å². The summed E-state index contributed by atoms with van der Waals surface area (Å²) in [6, 6.07) is 0. The number of aliphatic carboxylic acids is 2. The van der Waals surface area contributed by atoms with Gasteiger partial charge in [-0.15, -0.1) is 0 Å². The Morgan fingerprint density at radius 2 is 1.20 bits per heavy atom. The fraction of sp³-hybridized carbons (Fsp3) is 0.818. The van der Waals surface area contributed by atoms with Gasteiger partial charge in [0.25, 0.3) is 0 Å². The van der Waals surface area contributed by atoms with Crippen LogP contribution in [0.25, 0.3) is 0 Å². The van der Waals surface area contributed by atoms with E-state index < -0.39 is 23.8 Å². The molecule has 0 aromatic heterocycles. The molecular weight excluding hydrogens is 196 g/mol. The van der Waals surface area contributed by atoms with E-state index in [2.05, 4.69) is 0 Å². The van der Waals surface area contributed by atoms with Crippen LogP contribution in [-0.2, 0) is 9.59 Å². The van der Waals surface area contributed by atoms with Crippen molar-refractivity contribution in [3.05, 3.63) is 0 Å². The van der Waals surface area contributed by atoms with E-state index in [1.54, 1.807) is 0 Å². The Bertz CT molecular complexity index is 307. The third kappa shape index (κ3) is 1.02. The van der Waals surface area contributed by atoms with E-state index in [1.165, 1.54) is 0 Å². The number of hydrogen-bond donors (Lipinski definition) is 2. The SMILES string of the molecule is O=C(O)[C@@H]1[C@H](C(=O)O)[C@H]2CC3CC2[C@H]1C3. The molecule has 0 saturated heterocycles. The fourth-order valence-corrected chi connectivity index (χ4v) is 4.49. The van der Waals surface area contributed by atoms with Crippen LogP contribution in [0.4, 0.5) is 0 Å². The van der Waals surface area contributed by atoms with E-state index in [4.69, 9.17) is 10.2 Å². The first-order chi connectivity index (χ1) is 7.09. The van der Waals surface area contributed by atoms with E-state index >= 15 is 0 Å². The van der Waals surface area contributed by atoms with Crippen molar-refractivity contribution >= 4 is 11.9 Å². The highest BCUT2D eigenvalue weighted by molar-refractivity contribution is 5.81. The zero-order valence-electron chi connectivity index (χ0n) is 8.30. The van der Waals surface area contributed by atoms with E-state index in [9.17, 15) is 9.59 Å². The van der Waals surface area contributed by atoms with Crippen molar-refractivity contribution in [3.63, 3.8) is 0 Å². The Hall–Kier alpha value is -1.06. The first-order valence-corrected chi connectivity index (χ1v) is 5.55. The van der Waals surface area contributed by atoms with Crippen molar-refractivity contribution < 1.29 is 19.8 Å². The molecule has 0 aromatic carbocycles. The summed E-state index contributed by atoms with van der Waals surface area (Å²) in [5, 5.41) is 18.3. The second kappa shape index (κ2) is 2.74. The van der Waals surface area contributed by atoms with Gasteiger partial charge in [-0.3, -0.25) is 9.59 Å². The zero-order valence-corrected chi connectivity index (χ0v) is 8.30. The molecule has 0 heterocycles. The molecule has 4 nitrogen and oxygen atoms in total. The quantitative estimate of drug-likeness (QED) is 0.714. The lowest BCUT2D eigenvalue weighted by atomic mass is 9.86. The standard InChI is InChI=1S/C11H14O4/c12-10(13)8-6-2-4-1-5(6)7(3-4)9(8)11(14)15/h4-9H,1-3H2,(H,12,13)(H,14,15)/t4?,5?,6-,7+,8+,9-. The minimum atomic E-state index is -0.901. The van der Waals surface area contributed by atoms with Gasteiger partial charge in [-0.1, -0.05) is 0 Å². The van der Waals surface area contributed by atoms with Gasteiger partial charge < -0.3 is 10.2 Å². The van der Waals surface area contributed by atoms with Crippen molar-refractivity contribution in [1.29, 1.82) is 0 Å². The van der Waals surface area contributed by atoms with Crippen molar-refractivity contribution in [2.75, 3.05) is 0 Å². The molecule has 3 aliphatic carbocycles. The minimum Gasteiger partial charge on any atom is -0.481 e. The summed E-state index contributed by atoms with van der Waals surface area (Å²) in [4.78, 5) is 22.3. The van der Waals surface area contributed by atoms with E-state index in [0.717, 1.165) is 19.3 Å². The number of fused-ring (bicyclic) bond motifs is 1. The van der Waals surface area contributed by atoms with Gasteiger partial charge in [0.1, 0.15) is 0 Å². The summed E-state index contributed by atoms with van der Waals surface area (Å²) in [5.41, 5.74) is 0. The summed E-state index contributed by atoms with van der Waals surface area (Å²) in [6.07, 6.45) is 2.96. The Labute approximate surface area is 87.3 Å². The van der Waals surface area contributed by atoms with Gasteiger partial charge in [-0.05, 0) is 42.9 Å². The molecule has 2 bridgehead atoms. The molecule has 0 spiro atoms. The zero-order chi connectivity index (χ0) is 10.7. The monoisotopic (exact) mass is 210 g/mol. The van der Waals surface area contributed by atoms with E-state index in [1.807, 2.05) is 0 Å². The maximum Gasteiger partial charge on any atom is 0.307 e. The highest BCUT2D eigenvalue weighted by atomic mass is 16.4. The molecule has 3 rings (SSSR count). The average molecular weight is 210 g/mol. The van der Waals surface area contributed by atoms with Crippen molar-refractivity contribution in [1.82, 2.24) is 0 Å². The summed E-state index contributed by atoms with van der Waals surface area (Å²) in [5.74, 6) is -1.76. The number of carboxylic acid groups (broad SMARTS) is 2. The Kier molecular flexibility index (Phi) is 1.68. The first kappa shape index (κ1) is 9.19. The lowest BCUT2D eigenvalue weighted by molar-refractivity contribution is -0.154. The maximum absolute atomic E-state index is 11.2. The molecule has 0 radical (unpaired) electrons. The molecule has 15 heavy (non-hydrogen) atoms. The maximum atomic E-state index is 11.2. The highest BCUT2D eigenvalue weighted by Crippen LogP contribution is 2.64. The molecule has 82 valence electrons. The molecule has 0 aliphatic heterocycles. The second-order valence-corrected chi connectivity index (χ2v) is 5.29. The summed E-state index contributed by atoms with van der Waals surface area (Å²) < 4.78 is 0. The molecular formula is C11H14O4. The summed E-state index contributed by atoms with van der Waals surface area (Å²) >= 11 is 0. The Balaban J connectivity index is 2.00. The normalized spacial score (nSPS) is 50.9. The average Bonchev–Trinajstić information content (AvgIpc) is 2.70. The molecule has 6 atom stereocenters. The predicted molar refractivity (Wildman–Crippen MR) is 50.1 cm³/mol. The third-order valence-electron chi connectivity index (χ3n) is 4.80. The van der Waals surface area contributed by atoms with Crippen LogP contribution in [0.3, 0.4) is 0 Å². The molecule has 2 N–H and O–H groups in total. The van der Waals surface area contributed by atoms with Crippen molar-refractivity contribution in [2.45, 2.75) is 19.3 Å². The number of hydrogen-bond acceptors (Lipinski definition) is 2. The van der Waals surface area contributed by atoms with Gasteiger partial charge in [0.15, 0.2) is 0 Å².